The molecule has 5 heteroatoms. The molecule has 0 spiro atoms. The third kappa shape index (κ3) is 6.68. The van der Waals surface area contributed by atoms with Crippen molar-refractivity contribution >= 4 is 5.91 Å². The van der Waals surface area contributed by atoms with Crippen molar-refractivity contribution in [1.82, 2.24) is 10.3 Å². The molecule has 0 aliphatic rings. The molecule has 0 unspecified atom stereocenters. The van der Waals surface area contributed by atoms with Crippen molar-refractivity contribution in [1.29, 1.82) is 0 Å². The summed E-state index contributed by atoms with van der Waals surface area (Å²) in [7, 11) is 3.32. The molecule has 42 heavy (non-hydrogen) atoms. The molecule has 1 aromatic heterocycles. The van der Waals surface area contributed by atoms with Crippen LogP contribution in [-0.2, 0) is 6.54 Å². The van der Waals surface area contributed by atoms with E-state index in [1.165, 1.54) is 0 Å². The number of aromatic nitrogens is 1. The quantitative estimate of drug-likeness (QED) is 0.214. The number of carbonyl (C=O) groups is 1. The molecule has 0 aliphatic heterocycles. The molecule has 1 N–H and O–H groups in total. The normalized spacial score (nSPS) is 10.4. The summed E-state index contributed by atoms with van der Waals surface area (Å²) in [6.07, 6.45) is 0. The van der Waals surface area contributed by atoms with Gasteiger partial charge < -0.3 is 14.8 Å². The van der Waals surface area contributed by atoms with Gasteiger partial charge in [0, 0.05) is 34.4 Å². The van der Waals surface area contributed by atoms with E-state index in [2.05, 4.69) is 17.2 Å². The molecular formula is C37H32N2O3. The molecule has 0 bridgehead atoms. The third-order valence-electron chi connectivity index (χ3n) is 7.02. The topological polar surface area (TPSA) is 60.5 Å². The van der Waals surface area contributed by atoms with E-state index in [9.17, 15) is 4.79 Å². The lowest BCUT2D eigenvalue weighted by Crippen LogP contribution is -2.22. The second-order valence-corrected chi connectivity index (χ2v) is 9.99. The van der Waals surface area contributed by atoms with Crippen molar-refractivity contribution < 1.29 is 14.3 Å². The van der Waals surface area contributed by atoms with Crippen LogP contribution in [0.1, 0.15) is 38.2 Å². The van der Waals surface area contributed by atoms with Gasteiger partial charge in [-0.25, -0.2) is 4.98 Å². The maximum atomic E-state index is 12.8. The summed E-state index contributed by atoms with van der Waals surface area (Å²) in [6, 6.07) is 33.2. The molecule has 5 rings (SSSR count). The fourth-order valence-corrected chi connectivity index (χ4v) is 4.74. The third-order valence-corrected chi connectivity index (χ3v) is 7.02. The minimum absolute atomic E-state index is 0.138. The van der Waals surface area contributed by atoms with E-state index < -0.39 is 0 Å². The first kappa shape index (κ1) is 28.2. The van der Waals surface area contributed by atoms with Gasteiger partial charge in [-0.2, -0.15) is 0 Å². The SMILES string of the molecule is COc1ccc(-c2cc(C#Cc3cccc(C(=O)NCc4ccccc4)c3)cc(-c3ccc(OC)cc3C)n2)c(C)c1. The number of methoxy groups -OCH3 is 2. The van der Waals surface area contributed by atoms with Gasteiger partial charge in [0.05, 0.1) is 25.6 Å². The van der Waals surface area contributed by atoms with E-state index in [0.717, 1.165) is 61.8 Å². The van der Waals surface area contributed by atoms with Crippen LogP contribution in [0.3, 0.4) is 0 Å². The van der Waals surface area contributed by atoms with Crippen LogP contribution < -0.4 is 14.8 Å². The number of nitrogens with zero attached hydrogens (tertiary/aromatic N) is 1. The fourth-order valence-electron chi connectivity index (χ4n) is 4.74. The van der Waals surface area contributed by atoms with Crippen LogP contribution in [0.5, 0.6) is 11.5 Å². The number of carbonyl (C=O) groups excluding carboxylic acids is 1. The van der Waals surface area contributed by atoms with Crippen molar-refractivity contribution in [3.05, 3.63) is 137 Å². The van der Waals surface area contributed by atoms with Crippen LogP contribution in [0, 0.1) is 25.7 Å². The Hall–Kier alpha value is -5.34. The van der Waals surface area contributed by atoms with Crippen LogP contribution >= 0.6 is 0 Å². The van der Waals surface area contributed by atoms with E-state index in [1.807, 2.05) is 111 Å². The van der Waals surface area contributed by atoms with E-state index in [1.54, 1.807) is 20.3 Å². The zero-order chi connectivity index (χ0) is 29.5. The number of rotatable bonds is 7. The fraction of sp³-hybridized carbons (Fsp3) is 0.135. The summed E-state index contributed by atoms with van der Waals surface area (Å²) in [5.74, 6) is 8.03. The largest absolute Gasteiger partial charge is 0.497 e. The number of benzene rings is 4. The molecule has 5 aromatic rings. The highest BCUT2D eigenvalue weighted by Crippen LogP contribution is 2.31. The van der Waals surface area contributed by atoms with Gasteiger partial charge in [0.25, 0.3) is 5.91 Å². The Balaban J connectivity index is 1.49. The Morgan fingerprint density at radius 3 is 1.86 bits per heavy atom. The first-order valence-electron chi connectivity index (χ1n) is 13.7. The van der Waals surface area contributed by atoms with E-state index in [-0.39, 0.29) is 5.91 Å². The number of hydrogen-bond acceptors (Lipinski definition) is 4. The highest BCUT2D eigenvalue weighted by atomic mass is 16.5. The van der Waals surface area contributed by atoms with Crippen LogP contribution in [0.15, 0.2) is 103 Å². The lowest BCUT2D eigenvalue weighted by atomic mass is 9.99. The molecule has 0 fully saturated rings. The minimum Gasteiger partial charge on any atom is -0.497 e. The van der Waals surface area contributed by atoms with Crippen molar-refractivity contribution in [3.8, 4) is 45.9 Å². The van der Waals surface area contributed by atoms with E-state index >= 15 is 0 Å². The maximum absolute atomic E-state index is 12.8. The Morgan fingerprint density at radius 2 is 1.29 bits per heavy atom. The molecule has 0 saturated heterocycles. The summed E-state index contributed by atoms with van der Waals surface area (Å²) in [4.78, 5) is 17.9. The Morgan fingerprint density at radius 1 is 0.690 bits per heavy atom. The van der Waals surface area contributed by atoms with Gasteiger partial charge in [0.15, 0.2) is 0 Å². The summed E-state index contributed by atoms with van der Waals surface area (Å²) in [5.41, 5.74) is 8.94. The van der Waals surface area contributed by atoms with Crippen LogP contribution in [0.2, 0.25) is 0 Å². The Labute approximate surface area is 247 Å². The highest BCUT2D eigenvalue weighted by Gasteiger charge is 2.12. The van der Waals surface area contributed by atoms with Crippen molar-refractivity contribution in [2.45, 2.75) is 20.4 Å². The number of hydrogen-bond donors (Lipinski definition) is 1. The molecule has 1 heterocycles. The molecule has 208 valence electrons. The predicted octanol–water partition coefficient (Wildman–Crippen LogP) is 7.38. The van der Waals surface area contributed by atoms with Gasteiger partial charge >= 0.3 is 0 Å². The number of nitrogens with one attached hydrogen (secondary N) is 1. The lowest BCUT2D eigenvalue weighted by Gasteiger charge is -2.12. The average molecular weight is 553 g/mol. The second kappa shape index (κ2) is 12.9. The highest BCUT2D eigenvalue weighted by molar-refractivity contribution is 5.94. The van der Waals surface area contributed by atoms with Crippen molar-refractivity contribution in [2.75, 3.05) is 14.2 Å². The van der Waals surface area contributed by atoms with E-state index in [4.69, 9.17) is 14.5 Å². The first-order valence-corrected chi connectivity index (χ1v) is 13.7. The number of amides is 1. The van der Waals surface area contributed by atoms with Gasteiger partial charge in [0.2, 0.25) is 0 Å². The number of aryl methyl sites for hydroxylation is 2. The number of ether oxygens (including phenoxy) is 2. The smallest absolute Gasteiger partial charge is 0.251 e. The predicted molar refractivity (Wildman–Crippen MR) is 168 cm³/mol. The van der Waals surface area contributed by atoms with Gasteiger partial charge in [-0.15, -0.1) is 0 Å². The average Bonchev–Trinajstić information content (AvgIpc) is 3.03. The summed E-state index contributed by atoms with van der Waals surface area (Å²) in [6.45, 7) is 4.56. The molecule has 0 radical (unpaired) electrons. The minimum atomic E-state index is -0.138. The molecule has 0 saturated carbocycles. The van der Waals surface area contributed by atoms with Gasteiger partial charge in [-0.05, 0) is 97.3 Å². The molecule has 0 atom stereocenters. The van der Waals surface area contributed by atoms with Gasteiger partial charge in [-0.1, -0.05) is 48.2 Å². The Kier molecular flexibility index (Phi) is 8.65. The summed E-state index contributed by atoms with van der Waals surface area (Å²) in [5, 5.41) is 2.98. The molecule has 0 aliphatic carbocycles. The monoisotopic (exact) mass is 552 g/mol. The second-order valence-electron chi connectivity index (χ2n) is 9.99. The summed E-state index contributed by atoms with van der Waals surface area (Å²) < 4.78 is 10.8. The van der Waals surface area contributed by atoms with Crippen molar-refractivity contribution in [2.24, 2.45) is 0 Å². The van der Waals surface area contributed by atoms with Crippen molar-refractivity contribution in [3.63, 3.8) is 0 Å². The maximum Gasteiger partial charge on any atom is 0.251 e. The molecule has 5 nitrogen and oxygen atoms in total. The van der Waals surface area contributed by atoms with Gasteiger partial charge in [0.1, 0.15) is 11.5 Å². The molecule has 4 aromatic carbocycles. The lowest BCUT2D eigenvalue weighted by molar-refractivity contribution is 0.0951. The van der Waals surface area contributed by atoms with E-state index in [0.29, 0.717) is 12.1 Å². The first-order chi connectivity index (χ1) is 20.4. The Bertz CT molecular complexity index is 1730. The molecular weight excluding hydrogens is 520 g/mol. The standard InChI is InChI=1S/C37H32N2O3/c1-25-19-31(41-3)15-17-33(25)35-22-29(23-36(39-35)34-18-16-32(42-4)20-26(34)2)14-13-27-11-8-12-30(21-27)37(40)38-24-28-9-6-5-7-10-28/h5-12,15-23H,24H2,1-4H3,(H,38,40). The number of pyridine rings is 1. The van der Waals surface area contributed by atoms with Crippen LogP contribution in [0.25, 0.3) is 22.5 Å². The zero-order valence-electron chi connectivity index (χ0n) is 24.2. The van der Waals surface area contributed by atoms with Crippen LogP contribution in [0.4, 0.5) is 0 Å². The summed E-state index contributed by atoms with van der Waals surface area (Å²) >= 11 is 0. The zero-order valence-corrected chi connectivity index (χ0v) is 24.2. The van der Waals surface area contributed by atoms with Crippen LogP contribution in [-0.4, -0.2) is 25.1 Å². The molecule has 1 amide bonds. The van der Waals surface area contributed by atoms with Gasteiger partial charge in [-0.3, -0.25) is 4.79 Å².